The van der Waals surface area contributed by atoms with Gasteiger partial charge in [0.2, 0.25) is 0 Å². The molecule has 1 aromatic heterocycles. The summed E-state index contributed by atoms with van der Waals surface area (Å²) in [6.45, 7) is 4.29. The van der Waals surface area contributed by atoms with Crippen molar-refractivity contribution in [2.24, 2.45) is 0 Å². The van der Waals surface area contributed by atoms with E-state index in [-0.39, 0.29) is 41.0 Å². The number of carbonyl (C=O) groups excluding carboxylic acids is 2. The topological polar surface area (TPSA) is 120 Å². The first-order valence-corrected chi connectivity index (χ1v) is 10.6. The van der Waals surface area contributed by atoms with Crippen LogP contribution in [-0.4, -0.2) is 49.7 Å². The molecule has 1 aromatic carbocycles. The number of ether oxygens (including phenoxy) is 3. The maximum atomic E-state index is 13.4. The Morgan fingerprint density at radius 2 is 2.00 bits per heavy atom. The van der Waals surface area contributed by atoms with Crippen LogP contribution in [0.1, 0.15) is 48.2 Å². The summed E-state index contributed by atoms with van der Waals surface area (Å²) in [5, 5.41) is 12.2. The van der Waals surface area contributed by atoms with E-state index in [1.165, 1.54) is 30.0 Å². The highest BCUT2D eigenvalue weighted by Crippen LogP contribution is 2.27. The maximum Gasteiger partial charge on any atom is 0.268 e. The summed E-state index contributed by atoms with van der Waals surface area (Å²) >= 11 is 0. The van der Waals surface area contributed by atoms with Crippen molar-refractivity contribution in [2.75, 3.05) is 27.4 Å². The van der Waals surface area contributed by atoms with Crippen LogP contribution in [0.2, 0.25) is 0 Å². The molecule has 0 aliphatic rings. The van der Waals surface area contributed by atoms with Crippen LogP contribution in [0.25, 0.3) is 0 Å². The fourth-order valence-corrected chi connectivity index (χ4v) is 3.04. The lowest BCUT2D eigenvalue weighted by Crippen LogP contribution is -2.35. The fourth-order valence-electron chi connectivity index (χ4n) is 3.04. The van der Waals surface area contributed by atoms with Gasteiger partial charge in [0.05, 0.1) is 12.7 Å². The van der Waals surface area contributed by atoms with E-state index in [9.17, 15) is 19.6 Å². The highest BCUT2D eigenvalue weighted by atomic mass is 16.5. The first kappa shape index (κ1) is 25.6. The Morgan fingerprint density at radius 1 is 1.24 bits per heavy atom. The molecule has 0 fully saturated rings. The molecule has 33 heavy (non-hydrogen) atoms. The van der Waals surface area contributed by atoms with Gasteiger partial charge in [-0.15, -0.1) is 0 Å². The minimum absolute atomic E-state index is 0.00151. The van der Waals surface area contributed by atoms with E-state index in [0.717, 1.165) is 6.42 Å². The number of rotatable bonds is 12. The summed E-state index contributed by atoms with van der Waals surface area (Å²) in [6.07, 6.45) is 2.73. The molecule has 0 aliphatic heterocycles. The molecule has 1 N–H and O–H groups in total. The van der Waals surface area contributed by atoms with Gasteiger partial charge in [-0.1, -0.05) is 6.92 Å². The first-order chi connectivity index (χ1) is 15.8. The van der Waals surface area contributed by atoms with Crippen molar-refractivity contribution >= 4 is 11.7 Å². The van der Waals surface area contributed by atoms with Gasteiger partial charge < -0.3 is 24.1 Å². The lowest BCUT2D eigenvalue weighted by molar-refractivity contribution is -0.123. The monoisotopic (exact) mass is 455 g/mol. The highest BCUT2D eigenvalue weighted by Gasteiger charge is 2.20. The molecule has 0 saturated heterocycles. The smallest absolute Gasteiger partial charge is 0.268 e. The molecule has 176 valence electrons. The molecule has 0 bridgehead atoms. The van der Waals surface area contributed by atoms with Gasteiger partial charge in [-0.3, -0.25) is 14.4 Å². The fraction of sp³-hybridized carbons (Fsp3) is 0.417. The SMILES string of the molecule is CCC(C)NC(=O)COc1ccc(OC)cc1C(=O)c1cc(C#N)c(=O)n(CCCOC)c1. The van der Waals surface area contributed by atoms with Crippen molar-refractivity contribution in [2.45, 2.75) is 39.3 Å². The quantitative estimate of drug-likeness (QED) is 0.385. The molecular formula is C24H29N3O6. The second-order valence-corrected chi connectivity index (χ2v) is 7.46. The van der Waals surface area contributed by atoms with E-state index in [4.69, 9.17) is 14.2 Å². The highest BCUT2D eigenvalue weighted by molar-refractivity contribution is 6.11. The van der Waals surface area contributed by atoms with E-state index < -0.39 is 11.3 Å². The molecule has 9 nitrogen and oxygen atoms in total. The third-order valence-corrected chi connectivity index (χ3v) is 5.03. The number of aromatic nitrogens is 1. The number of nitriles is 1. The Morgan fingerprint density at radius 3 is 2.64 bits per heavy atom. The number of ketones is 1. The summed E-state index contributed by atoms with van der Waals surface area (Å²) in [4.78, 5) is 38.0. The van der Waals surface area contributed by atoms with Crippen LogP contribution >= 0.6 is 0 Å². The van der Waals surface area contributed by atoms with Crippen molar-refractivity contribution < 1.29 is 23.8 Å². The Bertz CT molecular complexity index is 1090. The van der Waals surface area contributed by atoms with Crippen LogP contribution in [-0.2, 0) is 16.1 Å². The van der Waals surface area contributed by atoms with Crippen molar-refractivity contribution in [3.05, 3.63) is 57.5 Å². The number of hydrogen-bond donors (Lipinski definition) is 1. The van der Waals surface area contributed by atoms with Crippen molar-refractivity contribution in [3.63, 3.8) is 0 Å². The number of hydrogen-bond acceptors (Lipinski definition) is 7. The molecule has 2 aromatic rings. The lowest BCUT2D eigenvalue weighted by Gasteiger charge is -2.15. The Kier molecular flexibility index (Phi) is 9.63. The largest absolute Gasteiger partial charge is 0.497 e. The minimum atomic E-state index is -0.478. The van der Waals surface area contributed by atoms with E-state index in [0.29, 0.717) is 25.3 Å². The van der Waals surface area contributed by atoms with Crippen LogP contribution in [0.15, 0.2) is 35.3 Å². The Hall–Kier alpha value is -3.64. The number of amides is 1. The van der Waals surface area contributed by atoms with Gasteiger partial charge >= 0.3 is 0 Å². The Balaban J connectivity index is 2.39. The van der Waals surface area contributed by atoms with Gasteiger partial charge in [0, 0.05) is 38.1 Å². The van der Waals surface area contributed by atoms with E-state index in [1.807, 2.05) is 19.9 Å². The number of aryl methyl sites for hydroxylation is 1. The zero-order valence-corrected chi connectivity index (χ0v) is 19.3. The van der Waals surface area contributed by atoms with Crippen LogP contribution < -0.4 is 20.3 Å². The molecule has 1 amide bonds. The zero-order chi connectivity index (χ0) is 24.4. The van der Waals surface area contributed by atoms with Crippen LogP contribution in [0.3, 0.4) is 0 Å². The van der Waals surface area contributed by atoms with Gasteiger partial charge in [-0.2, -0.15) is 5.26 Å². The van der Waals surface area contributed by atoms with E-state index >= 15 is 0 Å². The third-order valence-electron chi connectivity index (χ3n) is 5.03. The second-order valence-electron chi connectivity index (χ2n) is 7.46. The van der Waals surface area contributed by atoms with Crippen molar-refractivity contribution in [1.29, 1.82) is 5.26 Å². The normalized spacial score (nSPS) is 11.4. The molecule has 0 spiro atoms. The van der Waals surface area contributed by atoms with Gasteiger partial charge in [-0.25, -0.2) is 0 Å². The molecule has 1 heterocycles. The van der Waals surface area contributed by atoms with Crippen molar-refractivity contribution in [3.8, 4) is 17.6 Å². The van der Waals surface area contributed by atoms with E-state index in [1.54, 1.807) is 19.2 Å². The summed E-state index contributed by atoms with van der Waals surface area (Å²) in [5.41, 5.74) is -0.326. The number of nitrogens with zero attached hydrogens (tertiary/aromatic N) is 2. The summed E-state index contributed by atoms with van der Waals surface area (Å²) < 4.78 is 17.2. The van der Waals surface area contributed by atoms with Gasteiger partial charge in [0.15, 0.2) is 12.4 Å². The molecule has 9 heteroatoms. The number of pyridine rings is 1. The van der Waals surface area contributed by atoms with Crippen molar-refractivity contribution in [1.82, 2.24) is 9.88 Å². The average Bonchev–Trinajstić information content (AvgIpc) is 2.83. The second kappa shape index (κ2) is 12.4. The summed E-state index contributed by atoms with van der Waals surface area (Å²) in [5.74, 6) is -0.167. The van der Waals surface area contributed by atoms with Gasteiger partial charge in [-0.05, 0) is 44.0 Å². The van der Waals surface area contributed by atoms with Gasteiger partial charge in [0.25, 0.3) is 11.5 Å². The first-order valence-electron chi connectivity index (χ1n) is 10.6. The predicted octanol–water partition coefficient (Wildman–Crippen LogP) is 2.29. The van der Waals surface area contributed by atoms with Crippen LogP contribution in [0, 0.1) is 11.3 Å². The molecule has 2 rings (SSSR count). The Labute approximate surface area is 192 Å². The number of carbonyl (C=O) groups is 2. The summed E-state index contributed by atoms with van der Waals surface area (Å²) in [7, 11) is 3.02. The number of methoxy groups -OCH3 is 2. The molecule has 0 aliphatic carbocycles. The third kappa shape index (κ3) is 6.92. The molecule has 0 saturated carbocycles. The standard InChI is InChI=1S/C24H29N3O6/c1-5-16(2)26-22(28)15-33-21-8-7-19(32-4)12-20(21)23(29)18-11-17(13-25)24(30)27(14-18)9-6-10-31-3/h7-8,11-12,14,16H,5-6,9-10,15H2,1-4H3,(H,26,28). The average molecular weight is 456 g/mol. The predicted molar refractivity (Wildman–Crippen MR) is 122 cm³/mol. The summed E-state index contributed by atoms with van der Waals surface area (Å²) in [6, 6.07) is 7.77. The number of benzene rings is 1. The zero-order valence-electron chi connectivity index (χ0n) is 19.3. The molecule has 1 unspecified atom stereocenters. The molecular weight excluding hydrogens is 426 g/mol. The van der Waals surface area contributed by atoms with Crippen LogP contribution in [0.4, 0.5) is 0 Å². The van der Waals surface area contributed by atoms with Crippen LogP contribution in [0.5, 0.6) is 11.5 Å². The number of nitrogens with one attached hydrogen (secondary N) is 1. The molecule has 0 radical (unpaired) electrons. The van der Waals surface area contributed by atoms with Gasteiger partial charge in [0.1, 0.15) is 23.1 Å². The lowest BCUT2D eigenvalue weighted by atomic mass is 10.0. The van der Waals surface area contributed by atoms with E-state index in [2.05, 4.69) is 5.32 Å². The maximum absolute atomic E-state index is 13.4. The molecule has 1 atom stereocenters. The minimum Gasteiger partial charge on any atom is -0.497 e.